The third-order valence-electron chi connectivity index (χ3n) is 4.55. The summed E-state index contributed by atoms with van der Waals surface area (Å²) < 4.78 is 15.2. The Hall–Kier alpha value is -2.67. The maximum Gasteiger partial charge on any atom is 0.139 e. The van der Waals surface area contributed by atoms with Gasteiger partial charge in [0, 0.05) is 11.8 Å². The van der Waals surface area contributed by atoms with Gasteiger partial charge in [-0.15, -0.1) is 0 Å². The molecule has 2 heterocycles. The summed E-state index contributed by atoms with van der Waals surface area (Å²) in [6.45, 7) is 0. The number of rotatable bonds is 2. The van der Waals surface area contributed by atoms with Gasteiger partial charge < -0.3 is 0 Å². The molecular formula is C19H16FN3. The molecule has 3 aromatic rings. The summed E-state index contributed by atoms with van der Waals surface area (Å²) in [5, 5.41) is 9.15. The van der Waals surface area contributed by atoms with E-state index in [1.54, 1.807) is 10.5 Å². The smallest absolute Gasteiger partial charge is 0.139 e. The standard InChI is InChI=1S/C19H16FN3/c20-16-7-8-18-22-19(17(9-10-21)23(18)12-16)15-6-5-13-3-1-2-4-14(13)11-15/h5-8,11-12H,1-4,9H2. The van der Waals surface area contributed by atoms with Gasteiger partial charge in [-0.1, -0.05) is 12.1 Å². The summed E-state index contributed by atoms with van der Waals surface area (Å²) in [4.78, 5) is 4.64. The van der Waals surface area contributed by atoms with E-state index in [1.165, 1.54) is 36.2 Å². The molecule has 4 rings (SSSR count). The highest BCUT2D eigenvalue weighted by atomic mass is 19.1. The Morgan fingerprint density at radius 3 is 2.78 bits per heavy atom. The number of hydrogen-bond acceptors (Lipinski definition) is 2. The maximum atomic E-state index is 13.6. The van der Waals surface area contributed by atoms with Crippen LogP contribution in [0.15, 0.2) is 36.5 Å². The molecule has 4 heteroatoms. The quantitative estimate of drug-likeness (QED) is 0.715. The van der Waals surface area contributed by atoms with Gasteiger partial charge in [0.25, 0.3) is 0 Å². The van der Waals surface area contributed by atoms with Crippen LogP contribution in [0.4, 0.5) is 4.39 Å². The van der Waals surface area contributed by atoms with Crippen molar-refractivity contribution in [2.75, 3.05) is 0 Å². The van der Waals surface area contributed by atoms with Crippen molar-refractivity contribution in [2.24, 2.45) is 0 Å². The molecule has 2 aromatic heterocycles. The van der Waals surface area contributed by atoms with Gasteiger partial charge >= 0.3 is 0 Å². The van der Waals surface area contributed by atoms with Crippen molar-refractivity contribution >= 4 is 5.65 Å². The lowest BCUT2D eigenvalue weighted by molar-refractivity contribution is 0.618. The largest absolute Gasteiger partial charge is 0.299 e. The molecule has 0 aliphatic heterocycles. The fourth-order valence-corrected chi connectivity index (χ4v) is 3.42. The zero-order valence-electron chi connectivity index (χ0n) is 12.7. The van der Waals surface area contributed by atoms with Gasteiger partial charge in [0.15, 0.2) is 0 Å². The molecule has 0 unspecified atom stereocenters. The Balaban J connectivity index is 1.91. The normalized spacial score (nSPS) is 13.7. The van der Waals surface area contributed by atoms with E-state index in [0.29, 0.717) is 5.65 Å². The second-order valence-electron chi connectivity index (χ2n) is 6.01. The third-order valence-corrected chi connectivity index (χ3v) is 4.55. The highest BCUT2D eigenvalue weighted by Gasteiger charge is 2.16. The first kappa shape index (κ1) is 14.0. The van der Waals surface area contributed by atoms with Crippen LogP contribution in [0.25, 0.3) is 16.9 Å². The Labute approximate surface area is 134 Å². The molecule has 114 valence electrons. The van der Waals surface area contributed by atoms with Crippen molar-refractivity contribution in [1.82, 2.24) is 9.38 Å². The van der Waals surface area contributed by atoms with Crippen LogP contribution in [0.3, 0.4) is 0 Å². The molecule has 0 spiro atoms. The lowest BCUT2D eigenvalue weighted by atomic mass is 9.89. The number of aryl methyl sites for hydroxylation is 2. The Bertz CT molecular complexity index is 934. The number of fused-ring (bicyclic) bond motifs is 2. The van der Waals surface area contributed by atoms with E-state index in [1.807, 2.05) is 0 Å². The lowest BCUT2D eigenvalue weighted by Crippen LogP contribution is -2.02. The van der Waals surface area contributed by atoms with Crippen molar-refractivity contribution in [3.63, 3.8) is 0 Å². The summed E-state index contributed by atoms with van der Waals surface area (Å²) in [6, 6.07) is 11.7. The second kappa shape index (κ2) is 5.51. The summed E-state index contributed by atoms with van der Waals surface area (Å²) in [7, 11) is 0. The SMILES string of the molecule is N#CCc1c(-c2ccc3c(c2)CCCC3)nc2ccc(F)cn12. The number of pyridine rings is 1. The molecule has 23 heavy (non-hydrogen) atoms. The fourth-order valence-electron chi connectivity index (χ4n) is 3.42. The first-order chi connectivity index (χ1) is 11.3. The zero-order valence-corrected chi connectivity index (χ0v) is 12.7. The molecule has 0 saturated carbocycles. The van der Waals surface area contributed by atoms with Gasteiger partial charge in [-0.3, -0.25) is 4.40 Å². The van der Waals surface area contributed by atoms with E-state index < -0.39 is 0 Å². The first-order valence-corrected chi connectivity index (χ1v) is 7.92. The van der Waals surface area contributed by atoms with Crippen LogP contribution < -0.4 is 0 Å². The number of nitriles is 1. The number of nitrogens with zero attached hydrogens (tertiary/aromatic N) is 3. The van der Waals surface area contributed by atoms with Gasteiger partial charge in [0.05, 0.1) is 23.9 Å². The van der Waals surface area contributed by atoms with Crippen LogP contribution >= 0.6 is 0 Å². The molecule has 3 nitrogen and oxygen atoms in total. The van der Waals surface area contributed by atoms with Gasteiger partial charge in [0.2, 0.25) is 0 Å². The highest BCUT2D eigenvalue weighted by Crippen LogP contribution is 2.30. The van der Waals surface area contributed by atoms with E-state index in [0.717, 1.165) is 29.8 Å². The van der Waals surface area contributed by atoms with Crippen molar-refractivity contribution in [1.29, 1.82) is 5.26 Å². The minimum absolute atomic E-state index is 0.205. The number of halogens is 1. The van der Waals surface area contributed by atoms with Gasteiger partial charge in [-0.05, 0) is 55.0 Å². The van der Waals surface area contributed by atoms with Gasteiger partial charge in [-0.2, -0.15) is 5.26 Å². The van der Waals surface area contributed by atoms with E-state index in [-0.39, 0.29) is 12.2 Å². The molecule has 0 N–H and O–H groups in total. The van der Waals surface area contributed by atoms with E-state index in [4.69, 9.17) is 5.26 Å². The average molecular weight is 305 g/mol. The topological polar surface area (TPSA) is 41.1 Å². The number of benzene rings is 1. The van der Waals surface area contributed by atoms with Crippen molar-refractivity contribution in [3.05, 3.63) is 59.2 Å². The van der Waals surface area contributed by atoms with Gasteiger partial charge in [0.1, 0.15) is 11.5 Å². The van der Waals surface area contributed by atoms with Gasteiger partial charge in [-0.25, -0.2) is 9.37 Å². The number of hydrogen-bond donors (Lipinski definition) is 0. The van der Waals surface area contributed by atoms with E-state index >= 15 is 0 Å². The predicted molar refractivity (Wildman–Crippen MR) is 86.5 cm³/mol. The van der Waals surface area contributed by atoms with Crippen molar-refractivity contribution in [3.8, 4) is 17.3 Å². The highest BCUT2D eigenvalue weighted by molar-refractivity contribution is 5.68. The molecule has 1 aromatic carbocycles. The summed E-state index contributed by atoms with van der Waals surface area (Å²) in [6.07, 6.45) is 6.31. The summed E-state index contributed by atoms with van der Waals surface area (Å²) >= 11 is 0. The molecule has 1 aliphatic rings. The minimum Gasteiger partial charge on any atom is -0.299 e. The molecule has 0 atom stereocenters. The average Bonchev–Trinajstić information content (AvgIpc) is 2.93. The Morgan fingerprint density at radius 2 is 1.96 bits per heavy atom. The predicted octanol–water partition coefficient (Wildman–Crippen LogP) is 4.09. The fraction of sp³-hybridized carbons (Fsp3) is 0.263. The lowest BCUT2D eigenvalue weighted by Gasteiger charge is -2.16. The molecule has 0 fully saturated rings. The third kappa shape index (κ3) is 2.39. The Kier molecular flexibility index (Phi) is 3.34. The maximum absolute atomic E-state index is 13.6. The van der Waals surface area contributed by atoms with Crippen LogP contribution in [0, 0.1) is 17.1 Å². The van der Waals surface area contributed by atoms with Crippen LogP contribution in [-0.4, -0.2) is 9.38 Å². The molecule has 0 radical (unpaired) electrons. The van der Waals surface area contributed by atoms with Crippen LogP contribution in [-0.2, 0) is 19.3 Å². The monoisotopic (exact) mass is 305 g/mol. The van der Waals surface area contributed by atoms with E-state index in [9.17, 15) is 4.39 Å². The first-order valence-electron chi connectivity index (χ1n) is 7.92. The zero-order chi connectivity index (χ0) is 15.8. The molecule has 1 aliphatic carbocycles. The number of aromatic nitrogens is 2. The van der Waals surface area contributed by atoms with Crippen LogP contribution in [0.2, 0.25) is 0 Å². The molecule has 0 saturated heterocycles. The molecule has 0 amide bonds. The Morgan fingerprint density at radius 1 is 1.13 bits per heavy atom. The van der Waals surface area contributed by atoms with Crippen LogP contribution in [0.5, 0.6) is 0 Å². The summed E-state index contributed by atoms with van der Waals surface area (Å²) in [5.41, 5.74) is 6.00. The molecule has 0 bridgehead atoms. The molecular weight excluding hydrogens is 289 g/mol. The van der Waals surface area contributed by atoms with E-state index in [2.05, 4.69) is 29.3 Å². The van der Waals surface area contributed by atoms with Crippen LogP contribution in [0.1, 0.15) is 29.7 Å². The summed E-state index contributed by atoms with van der Waals surface area (Å²) in [5.74, 6) is -0.328. The second-order valence-corrected chi connectivity index (χ2v) is 6.01. The minimum atomic E-state index is -0.328. The van der Waals surface area contributed by atoms with Crippen molar-refractivity contribution in [2.45, 2.75) is 32.1 Å². The van der Waals surface area contributed by atoms with Crippen molar-refractivity contribution < 1.29 is 4.39 Å². The number of imidazole rings is 1.